The van der Waals surface area contributed by atoms with Crippen LogP contribution in [0.25, 0.3) is 0 Å². The van der Waals surface area contributed by atoms with Gasteiger partial charge in [-0.25, -0.2) is 4.39 Å². The second kappa shape index (κ2) is 8.22. The summed E-state index contributed by atoms with van der Waals surface area (Å²) in [5, 5.41) is 2.60. The first kappa shape index (κ1) is 18.8. The van der Waals surface area contributed by atoms with Crippen LogP contribution < -0.4 is 19.7 Å². The minimum absolute atomic E-state index is 0.0990. The van der Waals surface area contributed by atoms with E-state index in [1.165, 1.54) is 19.2 Å². The average molecular weight is 392 g/mol. The summed E-state index contributed by atoms with van der Waals surface area (Å²) in [6.45, 7) is 1.95. The van der Waals surface area contributed by atoms with Crippen LogP contribution in [-0.2, 0) is 6.54 Å². The molecule has 0 unspecified atom stereocenters. The van der Waals surface area contributed by atoms with E-state index in [0.717, 1.165) is 17.8 Å². The highest BCUT2D eigenvalue weighted by Crippen LogP contribution is 2.28. The van der Waals surface area contributed by atoms with Crippen molar-refractivity contribution in [2.75, 3.05) is 30.5 Å². The van der Waals surface area contributed by atoms with E-state index in [4.69, 9.17) is 9.47 Å². The number of fused-ring (bicyclic) bond motifs is 1. The number of anilines is 2. The quantitative estimate of drug-likeness (QED) is 0.711. The highest BCUT2D eigenvalue weighted by molar-refractivity contribution is 6.04. The molecule has 0 atom stereocenters. The molecule has 1 N–H and O–H groups in total. The smallest absolute Gasteiger partial charge is 0.255 e. The third-order valence-corrected chi connectivity index (χ3v) is 4.86. The molecule has 3 aromatic carbocycles. The summed E-state index contributed by atoms with van der Waals surface area (Å²) in [7, 11) is 1.46. The van der Waals surface area contributed by atoms with E-state index in [2.05, 4.69) is 22.3 Å². The van der Waals surface area contributed by atoms with Gasteiger partial charge in [-0.2, -0.15) is 0 Å². The largest absolute Gasteiger partial charge is 0.497 e. The van der Waals surface area contributed by atoms with Crippen LogP contribution in [0, 0.1) is 5.82 Å². The van der Waals surface area contributed by atoms with Gasteiger partial charge in [0.1, 0.15) is 23.9 Å². The van der Waals surface area contributed by atoms with Crippen LogP contribution in [-0.4, -0.2) is 26.2 Å². The summed E-state index contributed by atoms with van der Waals surface area (Å²) in [5.41, 5.74) is 2.63. The number of nitrogens with one attached hydrogen (secondary N) is 1. The number of para-hydroxylation sites is 1. The van der Waals surface area contributed by atoms with Gasteiger partial charge in [0.15, 0.2) is 0 Å². The van der Waals surface area contributed by atoms with E-state index in [1.807, 2.05) is 24.3 Å². The van der Waals surface area contributed by atoms with Gasteiger partial charge in [0.05, 0.1) is 19.3 Å². The van der Waals surface area contributed by atoms with Gasteiger partial charge in [0.25, 0.3) is 5.91 Å². The van der Waals surface area contributed by atoms with Crippen molar-refractivity contribution < 1.29 is 18.7 Å². The first-order valence-corrected chi connectivity index (χ1v) is 9.34. The molecule has 1 aliphatic rings. The molecule has 6 heteroatoms. The minimum atomic E-state index is -0.554. The van der Waals surface area contributed by atoms with E-state index in [1.54, 1.807) is 18.2 Å². The highest BCUT2D eigenvalue weighted by Gasteiger charge is 2.18. The summed E-state index contributed by atoms with van der Waals surface area (Å²) in [4.78, 5) is 14.8. The van der Waals surface area contributed by atoms with E-state index >= 15 is 0 Å². The number of carbonyl (C=O) groups excluding carboxylic acids is 1. The summed E-state index contributed by atoms with van der Waals surface area (Å²) in [5.74, 6) is 0.111. The van der Waals surface area contributed by atoms with Gasteiger partial charge in [-0.05, 0) is 36.4 Å². The molecule has 148 valence electrons. The number of halogens is 1. The molecular formula is C23H21FN2O3. The molecule has 5 nitrogen and oxygen atoms in total. The fourth-order valence-corrected chi connectivity index (χ4v) is 3.29. The van der Waals surface area contributed by atoms with Crippen LogP contribution in [0.4, 0.5) is 15.8 Å². The molecule has 1 heterocycles. The van der Waals surface area contributed by atoms with Crippen LogP contribution in [0.15, 0.2) is 66.7 Å². The van der Waals surface area contributed by atoms with E-state index < -0.39 is 11.7 Å². The maximum Gasteiger partial charge on any atom is 0.255 e. The number of amides is 1. The number of hydrogen-bond donors (Lipinski definition) is 1. The van der Waals surface area contributed by atoms with Crippen molar-refractivity contribution in [3.8, 4) is 11.5 Å². The Morgan fingerprint density at radius 2 is 1.93 bits per heavy atom. The minimum Gasteiger partial charge on any atom is -0.497 e. The number of ether oxygens (including phenoxy) is 2. The maximum atomic E-state index is 14.1. The van der Waals surface area contributed by atoms with Crippen molar-refractivity contribution in [1.29, 1.82) is 0 Å². The van der Waals surface area contributed by atoms with Crippen molar-refractivity contribution in [1.82, 2.24) is 0 Å². The molecular weight excluding hydrogens is 371 g/mol. The lowest BCUT2D eigenvalue weighted by Crippen LogP contribution is -2.25. The zero-order chi connectivity index (χ0) is 20.2. The van der Waals surface area contributed by atoms with Crippen LogP contribution in [0.1, 0.15) is 15.9 Å². The monoisotopic (exact) mass is 392 g/mol. The molecule has 0 aliphatic carbocycles. The van der Waals surface area contributed by atoms with Crippen LogP contribution >= 0.6 is 0 Å². The normalized spacial score (nSPS) is 13.1. The van der Waals surface area contributed by atoms with E-state index in [-0.39, 0.29) is 5.69 Å². The SMILES string of the molecule is COc1ccc(NC(=O)c2ccc3c(c2)OCCN(c2ccccc2)C3)c(F)c1. The predicted octanol–water partition coefficient (Wildman–Crippen LogP) is 4.49. The van der Waals surface area contributed by atoms with Crippen LogP contribution in [0.2, 0.25) is 0 Å². The van der Waals surface area contributed by atoms with Gasteiger partial charge in [-0.15, -0.1) is 0 Å². The Morgan fingerprint density at radius 1 is 1.10 bits per heavy atom. The number of hydrogen-bond acceptors (Lipinski definition) is 4. The standard InChI is InChI=1S/C23H21FN2O3/c1-28-19-9-10-21(20(24)14-19)25-23(27)16-7-8-17-15-26(11-12-29-22(17)13-16)18-5-3-2-4-6-18/h2-10,13-14H,11-12,15H2,1H3,(H,25,27). The van der Waals surface area contributed by atoms with Gasteiger partial charge in [0.2, 0.25) is 0 Å². The third kappa shape index (κ3) is 4.16. The molecule has 0 bridgehead atoms. The topological polar surface area (TPSA) is 50.8 Å². The Hall–Kier alpha value is -3.54. The van der Waals surface area contributed by atoms with Crippen molar-refractivity contribution in [3.63, 3.8) is 0 Å². The lowest BCUT2D eigenvalue weighted by molar-refractivity contribution is 0.102. The molecule has 1 aliphatic heterocycles. The fraction of sp³-hybridized carbons (Fsp3) is 0.174. The molecule has 0 saturated carbocycles. The maximum absolute atomic E-state index is 14.1. The van der Waals surface area contributed by atoms with Crippen molar-refractivity contribution in [2.24, 2.45) is 0 Å². The van der Waals surface area contributed by atoms with Crippen molar-refractivity contribution >= 4 is 17.3 Å². The number of methoxy groups -OCH3 is 1. The summed E-state index contributed by atoms with van der Waals surface area (Å²) in [6.07, 6.45) is 0. The Kier molecular flexibility index (Phi) is 5.33. The van der Waals surface area contributed by atoms with Gasteiger partial charge in [0, 0.05) is 29.4 Å². The van der Waals surface area contributed by atoms with Crippen molar-refractivity contribution in [3.05, 3.63) is 83.7 Å². The Bertz CT molecular complexity index is 1020. The second-order valence-corrected chi connectivity index (χ2v) is 6.73. The molecule has 0 spiro atoms. The molecule has 0 aromatic heterocycles. The van der Waals surface area contributed by atoms with Gasteiger partial charge >= 0.3 is 0 Å². The first-order valence-electron chi connectivity index (χ1n) is 9.34. The molecule has 1 amide bonds. The number of rotatable bonds is 4. The average Bonchev–Trinajstić information content (AvgIpc) is 2.97. The van der Waals surface area contributed by atoms with Gasteiger partial charge in [-0.3, -0.25) is 4.79 Å². The molecule has 0 saturated heterocycles. The molecule has 29 heavy (non-hydrogen) atoms. The highest BCUT2D eigenvalue weighted by atomic mass is 19.1. The Labute approximate surface area is 168 Å². The molecule has 0 radical (unpaired) electrons. The molecule has 4 rings (SSSR count). The number of benzene rings is 3. The number of nitrogens with zero attached hydrogens (tertiary/aromatic N) is 1. The number of carbonyl (C=O) groups is 1. The predicted molar refractivity (Wildman–Crippen MR) is 110 cm³/mol. The Morgan fingerprint density at radius 3 is 2.69 bits per heavy atom. The van der Waals surface area contributed by atoms with Crippen LogP contribution in [0.3, 0.4) is 0 Å². The van der Waals surface area contributed by atoms with Crippen LogP contribution in [0.5, 0.6) is 11.5 Å². The van der Waals surface area contributed by atoms with E-state index in [9.17, 15) is 9.18 Å². The molecule has 3 aromatic rings. The second-order valence-electron chi connectivity index (χ2n) is 6.73. The van der Waals surface area contributed by atoms with Gasteiger partial charge in [-0.1, -0.05) is 24.3 Å². The summed E-state index contributed by atoms with van der Waals surface area (Å²) in [6, 6.07) is 19.8. The Balaban J connectivity index is 1.52. The summed E-state index contributed by atoms with van der Waals surface area (Å²) >= 11 is 0. The van der Waals surface area contributed by atoms with Crippen molar-refractivity contribution in [2.45, 2.75) is 6.54 Å². The third-order valence-electron chi connectivity index (χ3n) is 4.86. The zero-order valence-electron chi connectivity index (χ0n) is 16.0. The fourth-order valence-electron chi connectivity index (χ4n) is 3.29. The lowest BCUT2D eigenvalue weighted by Gasteiger charge is -2.21. The van der Waals surface area contributed by atoms with E-state index in [0.29, 0.717) is 30.2 Å². The first-order chi connectivity index (χ1) is 14.1. The van der Waals surface area contributed by atoms with Gasteiger partial charge < -0.3 is 19.7 Å². The zero-order valence-corrected chi connectivity index (χ0v) is 16.0. The molecule has 0 fully saturated rings. The lowest BCUT2D eigenvalue weighted by atomic mass is 10.1. The summed E-state index contributed by atoms with van der Waals surface area (Å²) < 4.78 is 25.0.